The maximum Gasteiger partial charge on any atom is 0.416 e. The Kier molecular flexibility index (Phi) is 8.81. The summed E-state index contributed by atoms with van der Waals surface area (Å²) in [6.07, 6.45) is -4.74. The second-order valence-electron chi connectivity index (χ2n) is 12.7. The Bertz CT molecular complexity index is 2090. The number of anilines is 2. The zero-order chi connectivity index (χ0) is 35.2. The number of amides is 2. The Hall–Kier alpha value is -5.05. The first-order valence-electron chi connectivity index (χ1n) is 15.6. The molecule has 2 aromatic carbocycles. The maximum absolute atomic E-state index is 14.2. The van der Waals surface area contributed by atoms with E-state index < -0.39 is 34.9 Å². The lowest BCUT2D eigenvalue weighted by Gasteiger charge is -2.37. The molecule has 0 aliphatic carbocycles. The van der Waals surface area contributed by atoms with Crippen molar-refractivity contribution in [3.05, 3.63) is 75.2 Å². The molecule has 6 rings (SSSR count). The Morgan fingerprint density at radius 2 is 1.76 bits per heavy atom. The number of hydrogen-bond donors (Lipinski definition) is 2. The van der Waals surface area contributed by atoms with E-state index in [1.54, 1.807) is 30.2 Å². The average Bonchev–Trinajstić information content (AvgIpc) is 3.67. The van der Waals surface area contributed by atoms with Gasteiger partial charge in [0.25, 0.3) is 5.56 Å². The molecule has 0 radical (unpaired) electrons. The fraction of sp³-hybridized carbons (Fsp3) is 0.364. The van der Waals surface area contributed by atoms with Crippen LogP contribution in [-0.4, -0.2) is 72.8 Å². The number of ether oxygens (including phenoxy) is 1. The van der Waals surface area contributed by atoms with Gasteiger partial charge in [0.1, 0.15) is 17.8 Å². The third-order valence-corrected chi connectivity index (χ3v) is 8.36. The molecule has 2 amide bonds. The van der Waals surface area contributed by atoms with E-state index in [4.69, 9.17) is 16.3 Å². The molecule has 0 spiro atoms. The van der Waals surface area contributed by atoms with Gasteiger partial charge in [0.05, 0.1) is 27.7 Å². The van der Waals surface area contributed by atoms with Gasteiger partial charge in [-0.2, -0.15) is 22.7 Å². The van der Waals surface area contributed by atoms with Crippen molar-refractivity contribution < 1.29 is 27.5 Å². The zero-order valence-corrected chi connectivity index (χ0v) is 27.9. The monoisotopic (exact) mass is 698 g/mol. The quantitative estimate of drug-likeness (QED) is 0.224. The van der Waals surface area contributed by atoms with Gasteiger partial charge in [-0.3, -0.25) is 9.59 Å². The minimum absolute atomic E-state index is 0.00602. The van der Waals surface area contributed by atoms with Crippen LogP contribution in [0.4, 0.5) is 29.3 Å². The summed E-state index contributed by atoms with van der Waals surface area (Å²) in [6.45, 7) is 8.04. The highest BCUT2D eigenvalue weighted by molar-refractivity contribution is 6.33. The summed E-state index contributed by atoms with van der Waals surface area (Å²) >= 11 is 6.12. The number of halogens is 4. The lowest BCUT2D eigenvalue weighted by molar-refractivity contribution is -0.137. The molecule has 0 saturated carbocycles. The summed E-state index contributed by atoms with van der Waals surface area (Å²) in [4.78, 5) is 51.8. The van der Waals surface area contributed by atoms with Crippen LogP contribution in [0, 0.1) is 0 Å². The van der Waals surface area contributed by atoms with Crippen LogP contribution in [0.15, 0.2) is 53.3 Å². The molecule has 1 saturated heterocycles. The largest absolute Gasteiger partial charge is 0.444 e. The first-order valence-corrected chi connectivity index (χ1v) is 16.0. The summed E-state index contributed by atoms with van der Waals surface area (Å²) in [6, 6.07) is 12.1. The number of rotatable bonds is 6. The minimum Gasteiger partial charge on any atom is -0.444 e. The van der Waals surface area contributed by atoms with Crippen molar-refractivity contribution in [3.63, 3.8) is 0 Å². The second-order valence-corrected chi connectivity index (χ2v) is 13.1. The van der Waals surface area contributed by atoms with Gasteiger partial charge in [-0.1, -0.05) is 36.7 Å². The highest BCUT2D eigenvalue weighted by atomic mass is 35.5. The Morgan fingerprint density at radius 1 is 1.04 bits per heavy atom. The second kappa shape index (κ2) is 12.8. The molecular weight excluding hydrogens is 665 g/mol. The molecule has 0 unspecified atom stereocenters. The van der Waals surface area contributed by atoms with Crippen LogP contribution >= 0.6 is 11.6 Å². The predicted molar refractivity (Wildman–Crippen MR) is 179 cm³/mol. The van der Waals surface area contributed by atoms with E-state index in [0.717, 1.165) is 33.6 Å². The third kappa shape index (κ3) is 6.93. The summed E-state index contributed by atoms with van der Waals surface area (Å²) in [5.41, 5.74) is 0.126. The normalized spacial score (nSPS) is 14.1. The van der Waals surface area contributed by atoms with Gasteiger partial charge < -0.3 is 29.4 Å². The lowest BCUT2D eigenvalue weighted by atomic mass is 10.2. The molecule has 3 aromatic heterocycles. The number of aromatic amines is 1. The van der Waals surface area contributed by atoms with E-state index in [1.807, 2.05) is 42.2 Å². The summed E-state index contributed by atoms with van der Waals surface area (Å²) in [7, 11) is 0. The molecule has 1 aliphatic heterocycles. The number of para-hydroxylation sites is 1. The van der Waals surface area contributed by atoms with Gasteiger partial charge in [-0.05, 0) is 57.5 Å². The molecule has 4 heterocycles. The number of benzene rings is 2. The van der Waals surface area contributed by atoms with E-state index in [-0.39, 0.29) is 28.9 Å². The van der Waals surface area contributed by atoms with Crippen LogP contribution in [0.5, 0.6) is 0 Å². The molecule has 0 atom stereocenters. The molecule has 16 heteroatoms. The van der Waals surface area contributed by atoms with Gasteiger partial charge in [0, 0.05) is 37.1 Å². The molecule has 49 heavy (non-hydrogen) atoms. The van der Waals surface area contributed by atoms with Crippen molar-refractivity contribution in [1.29, 1.82) is 0 Å². The summed E-state index contributed by atoms with van der Waals surface area (Å²) in [5, 5.41) is 7.78. The van der Waals surface area contributed by atoms with E-state index >= 15 is 0 Å². The van der Waals surface area contributed by atoms with Crippen molar-refractivity contribution in [1.82, 2.24) is 29.0 Å². The van der Waals surface area contributed by atoms with Crippen LogP contribution in [0.3, 0.4) is 0 Å². The highest BCUT2D eigenvalue weighted by Gasteiger charge is 2.32. The molecule has 1 aliphatic rings. The number of aromatic nitrogens is 5. The molecule has 1 fully saturated rings. The average molecular weight is 699 g/mol. The predicted octanol–water partition coefficient (Wildman–Crippen LogP) is 5.97. The van der Waals surface area contributed by atoms with Gasteiger partial charge >= 0.3 is 12.3 Å². The van der Waals surface area contributed by atoms with Gasteiger partial charge in [0.2, 0.25) is 11.7 Å². The van der Waals surface area contributed by atoms with Crippen LogP contribution in [0.2, 0.25) is 5.02 Å². The smallest absolute Gasteiger partial charge is 0.416 e. The van der Waals surface area contributed by atoms with Gasteiger partial charge in [0.15, 0.2) is 5.82 Å². The van der Waals surface area contributed by atoms with Crippen LogP contribution in [0.25, 0.3) is 28.2 Å². The Balaban J connectivity index is 1.39. The topological polar surface area (TPSA) is 130 Å². The third-order valence-electron chi connectivity index (χ3n) is 8.05. The van der Waals surface area contributed by atoms with E-state index in [1.165, 1.54) is 0 Å². The SMILES string of the molecule is CCc1c(N2CCN(C(=O)OC(C)(C)C)CC2)c(=O)n2nc(-c3cc4ccccc4[nH]3)nc2n1CC(=O)Nc1ccc(C(F)(F)F)cc1Cl. The van der Waals surface area contributed by atoms with E-state index in [9.17, 15) is 27.6 Å². The number of nitrogens with zero attached hydrogens (tertiary/aromatic N) is 6. The lowest BCUT2D eigenvalue weighted by Crippen LogP contribution is -2.51. The number of carbonyl (C=O) groups is 2. The highest BCUT2D eigenvalue weighted by Crippen LogP contribution is 2.34. The van der Waals surface area contributed by atoms with Crippen molar-refractivity contribution in [3.8, 4) is 11.5 Å². The number of alkyl halides is 3. The number of piperazine rings is 1. The summed E-state index contributed by atoms with van der Waals surface area (Å²) < 4.78 is 47.8. The molecule has 2 N–H and O–H groups in total. The number of nitrogens with one attached hydrogen (secondary N) is 2. The fourth-order valence-electron chi connectivity index (χ4n) is 5.80. The molecule has 258 valence electrons. The Labute approximate surface area is 283 Å². The van der Waals surface area contributed by atoms with Crippen LogP contribution < -0.4 is 15.8 Å². The number of H-pyrrole nitrogens is 1. The fourth-order valence-corrected chi connectivity index (χ4v) is 6.03. The van der Waals surface area contributed by atoms with Crippen molar-refractivity contribution in [2.24, 2.45) is 0 Å². The molecular formula is C33H34ClF3N8O4. The van der Waals surface area contributed by atoms with Crippen molar-refractivity contribution in [2.45, 2.75) is 52.4 Å². The van der Waals surface area contributed by atoms with E-state index in [0.29, 0.717) is 49.7 Å². The van der Waals surface area contributed by atoms with Crippen molar-refractivity contribution >= 4 is 51.7 Å². The van der Waals surface area contributed by atoms with Crippen LogP contribution in [-0.2, 0) is 28.7 Å². The molecule has 5 aromatic rings. The summed E-state index contributed by atoms with van der Waals surface area (Å²) in [5.74, 6) is -0.291. The molecule has 0 bridgehead atoms. The maximum atomic E-state index is 14.2. The Morgan fingerprint density at radius 3 is 2.39 bits per heavy atom. The standard InChI is InChI=1S/C33H34ClF3N8O4/c1-5-25-27(42-12-14-43(15-13-42)31(48)49-32(2,3)4)29(47)45-30(40-28(41-45)24-16-19-8-6-7-9-22(19)38-24)44(25)18-26(46)39-23-11-10-20(17-21(23)34)33(35,36)37/h6-11,16-17,38H,5,12-15,18H2,1-4H3,(H,39,46). The first kappa shape index (κ1) is 33.8. The van der Waals surface area contributed by atoms with E-state index in [2.05, 4.69) is 20.4 Å². The van der Waals surface area contributed by atoms with Gasteiger partial charge in [-0.15, -0.1) is 5.10 Å². The number of carbonyl (C=O) groups excluding carboxylic acids is 2. The van der Waals surface area contributed by atoms with Gasteiger partial charge in [-0.25, -0.2) is 4.79 Å². The molecule has 12 nitrogen and oxygen atoms in total. The van der Waals surface area contributed by atoms with Crippen molar-refractivity contribution in [2.75, 3.05) is 36.4 Å². The number of fused-ring (bicyclic) bond motifs is 2. The van der Waals surface area contributed by atoms with Crippen LogP contribution in [0.1, 0.15) is 39.0 Å². The zero-order valence-electron chi connectivity index (χ0n) is 27.2. The number of hydrogen-bond acceptors (Lipinski definition) is 7. The minimum atomic E-state index is -4.60. The first-order chi connectivity index (χ1) is 23.1.